The van der Waals surface area contributed by atoms with E-state index in [0.29, 0.717) is 17.8 Å². The zero-order valence-electron chi connectivity index (χ0n) is 13.4. The van der Waals surface area contributed by atoms with E-state index >= 15 is 0 Å². The van der Waals surface area contributed by atoms with E-state index in [9.17, 15) is 14.4 Å². The summed E-state index contributed by atoms with van der Waals surface area (Å²) in [6, 6.07) is 6.60. The molecule has 1 aromatic carbocycles. The number of amides is 2. The summed E-state index contributed by atoms with van der Waals surface area (Å²) in [5.74, 6) is -1.23. The zero-order chi connectivity index (χ0) is 17.1. The Kier molecular flexibility index (Phi) is 8.13. The zero-order valence-corrected chi connectivity index (χ0v) is 13.4. The Morgan fingerprint density at radius 1 is 1.17 bits per heavy atom. The van der Waals surface area contributed by atoms with Crippen molar-refractivity contribution in [2.45, 2.75) is 26.7 Å². The van der Waals surface area contributed by atoms with E-state index in [-0.39, 0.29) is 12.5 Å². The van der Waals surface area contributed by atoms with Crippen LogP contribution in [0.1, 0.15) is 37.0 Å². The number of anilines is 1. The number of nitrogens with one attached hydrogen (secondary N) is 2. The molecule has 6 nitrogen and oxygen atoms in total. The summed E-state index contributed by atoms with van der Waals surface area (Å²) in [4.78, 5) is 34.8. The third-order valence-corrected chi connectivity index (χ3v) is 2.87. The van der Waals surface area contributed by atoms with Gasteiger partial charge in [0.25, 0.3) is 5.91 Å². The lowest BCUT2D eigenvalue weighted by Crippen LogP contribution is -2.24. The quantitative estimate of drug-likeness (QED) is 0.437. The number of esters is 1. The number of hydrogen-bond donors (Lipinski definition) is 2. The average Bonchev–Trinajstić information content (AvgIpc) is 2.53. The number of rotatable bonds is 8. The lowest BCUT2D eigenvalue weighted by atomic mass is 10.2. The highest BCUT2D eigenvalue weighted by Gasteiger charge is 2.06. The Bertz CT molecular complexity index is 582. The molecule has 0 radical (unpaired) electrons. The van der Waals surface area contributed by atoms with Crippen LogP contribution >= 0.6 is 0 Å². The molecule has 0 bridgehead atoms. The molecule has 23 heavy (non-hydrogen) atoms. The number of carbonyl (C=O) groups is 3. The first-order chi connectivity index (χ1) is 11.1. The van der Waals surface area contributed by atoms with Crippen molar-refractivity contribution < 1.29 is 19.1 Å². The van der Waals surface area contributed by atoms with Crippen LogP contribution in [-0.2, 0) is 14.3 Å². The molecule has 2 amide bonds. The molecule has 0 atom stereocenters. The Labute approximate surface area is 135 Å². The van der Waals surface area contributed by atoms with E-state index in [1.54, 1.807) is 31.2 Å². The van der Waals surface area contributed by atoms with Crippen LogP contribution in [0.5, 0.6) is 0 Å². The minimum atomic E-state index is -0.577. The van der Waals surface area contributed by atoms with Gasteiger partial charge in [0.1, 0.15) is 0 Å². The van der Waals surface area contributed by atoms with Crippen LogP contribution in [0.4, 0.5) is 5.69 Å². The van der Waals surface area contributed by atoms with Crippen LogP contribution in [0.25, 0.3) is 0 Å². The van der Waals surface area contributed by atoms with Gasteiger partial charge in [0.15, 0.2) is 0 Å². The van der Waals surface area contributed by atoms with E-state index in [2.05, 4.69) is 15.4 Å². The monoisotopic (exact) mass is 318 g/mol. The Morgan fingerprint density at radius 3 is 2.65 bits per heavy atom. The molecule has 0 aliphatic rings. The summed E-state index contributed by atoms with van der Waals surface area (Å²) in [5.41, 5.74) is 0.944. The molecule has 0 fully saturated rings. The molecule has 2 N–H and O–H groups in total. The fraction of sp³-hybridized carbons (Fsp3) is 0.353. The molecule has 0 aromatic heterocycles. The van der Waals surface area contributed by atoms with Gasteiger partial charge in [-0.05, 0) is 31.5 Å². The molecule has 0 heterocycles. The highest BCUT2D eigenvalue weighted by molar-refractivity contribution is 6.03. The third-order valence-electron chi connectivity index (χ3n) is 2.87. The summed E-state index contributed by atoms with van der Waals surface area (Å²) in [7, 11) is 0. The number of ether oxygens (including phenoxy) is 1. The van der Waals surface area contributed by atoms with Crippen molar-refractivity contribution in [3.8, 4) is 0 Å². The lowest BCUT2D eigenvalue weighted by molar-refractivity contribution is -0.137. The number of unbranched alkanes of at least 4 members (excludes halogenated alkanes) is 1. The van der Waals surface area contributed by atoms with Gasteiger partial charge >= 0.3 is 5.97 Å². The third kappa shape index (κ3) is 7.26. The largest absolute Gasteiger partial charge is 0.463 e. The van der Waals surface area contributed by atoms with Gasteiger partial charge in [0.2, 0.25) is 5.91 Å². The first-order valence-corrected chi connectivity index (χ1v) is 7.60. The van der Waals surface area contributed by atoms with Crippen LogP contribution < -0.4 is 10.6 Å². The summed E-state index contributed by atoms with van der Waals surface area (Å²) in [5, 5.41) is 5.40. The van der Waals surface area contributed by atoms with Crippen LogP contribution in [-0.4, -0.2) is 30.9 Å². The van der Waals surface area contributed by atoms with E-state index in [4.69, 9.17) is 0 Å². The second kappa shape index (κ2) is 10.2. The molecule has 0 aliphatic heterocycles. The van der Waals surface area contributed by atoms with Gasteiger partial charge in [-0.3, -0.25) is 9.59 Å². The van der Waals surface area contributed by atoms with E-state index in [1.807, 2.05) is 6.92 Å². The second-order valence-electron chi connectivity index (χ2n) is 4.76. The molecule has 0 saturated heterocycles. The van der Waals surface area contributed by atoms with Crippen molar-refractivity contribution in [2.75, 3.05) is 18.5 Å². The van der Waals surface area contributed by atoms with Crippen molar-refractivity contribution in [2.24, 2.45) is 0 Å². The molecule has 0 unspecified atom stereocenters. The normalized spacial score (nSPS) is 10.3. The summed E-state index contributed by atoms with van der Waals surface area (Å²) in [6.07, 6.45) is 4.07. The highest BCUT2D eigenvalue weighted by atomic mass is 16.5. The van der Waals surface area contributed by atoms with Gasteiger partial charge in [-0.1, -0.05) is 19.4 Å². The minimum Gasteiger partial charge on any atom is -0.463 e. The van der Waals surface area contributed by atoms with Gasteiger partial charge in [0, 0.05) is 29.9 Å². The molecule has 124 valence electrons. The Morgan fingerprint density at radius 2 is 1.96 bits per heavy atom. The van der Waals surface area contributed by atoms with E-state index in [0.717, 1.165) is 25.0 Å². The van der Waals surface area contributed by atoms with Gasteiger partial charge in [0.05, 0.1) is 6.61 Å². The SMILES string of the molecule is CCCCNC(=O)c1cccc(NC(=O)/C=C/C(=O)OCC)c1. The standard InChI is InChI=1S/C17H22N2O4/c1-3-5-11-18-17(22)13-7-6-8-14(12-13)19-15(20)9-10-16(21)23-4-2/h6-10,12H,3-5,11H2,1-2H3,(H,18,22)(H,19,20)/b10-9+. The number of carbonyl (C=O) groups excluding carboxylic acids is 3. The van der Waals surface area contributed by atoms with Gasteiger partial charge in [-0.25, -0.2) is 4.79 Å². The van der Waals surface area contributed by atoms with Gasteiger partial charge in [-0.15, -0.1) is 0 Å². The van der Waals surface area contributed by atoms with E-state index in [1.165, 1.54) is 0 Å². The summed E-state index contributed by atoms with van der Waals surface area (Å²) >= 11 is 0. The predicted molar refractivity (Wildman–Crippen MR) is 88.1 cm³/mol. The van der Waals surface area contributed by atoms with Gasteiger partial charge < -0.3 is 15.4 Å². The molecule has 0 spiro atoms. The maximum atomic E-state index is 11.9. The van der Waals surface area contributed by atoms with Gasteiger partial charge in [-0.2, -0.15) is 0 Å². The summed E-state index contributed by atoms with van der Waals surface area (Å²) in [6.45, 7) is 4.60. The highest BCUT2D eigenvalue weighted by Crippen LogP contribution is 2.10. The lowest BCUT2D eigenvalue weighted by Gasteiger charge is -2.07. The van der Waals surface area contributed by atoms with Crippen molar-refractivity contribution in [3.63, 3.8) is 0 Å². The topological polar surface area (TPSA) is 84.5 Å². The van der Waals surface area contributed by atoms with Crippen molar-refractivity contribution in [1.29, 1.82) is 0 Å². The molecule has 1 aromatic rings. The molecular formula is C17H22N2O4. The first kappa shape index (κ1) is 18.4. The second-order valence-corrected chi connectivity index (χ2v) is 4.76. The van der Waals surface area contributed by atoms with Crippen LogP contribution in [0.15, 0.2) is 36.4 Å². The first-order valence-electron chi connectivity index (χ1n) is 7.60. The fourth-order valence-corrected chi connectivity index (χ4v) is 1.74. The van der Waals surface area contributed by atoms with Crippen molar-refractivity contribution in [3.05, 3.63) is 42.0 Å². The predicted octanol–water partition coefficient (Wildman–Crippen LogP) is 2.27. The van der Waals surface area contributed by atoms with Crippen LogP contribution in [0, 0.1) is 0 Å². The fourth-order valence-electron chi connectivity index (χ4n) is 1.74. The Balaban J connectivity index is 2.61. The van der Waals surface area contributed by atoms with Crippen molar-refractivity contribution in [1.82, 2.24) is 5.32 Å². The summed E-state index contributed by atoms with van der Waals surface area (Å²) < 4.78 is 4.68. The molecule has 0 aliphatic carbocycles. The van der Waals surface area contributed by atoms with E-state index < -0.39 is 11.9 Å². The van der Waals surface area contributed by atoms with Crippen molar-refractivity contribution >= 4 is 23.5 Å². The molecule has 1 rings (SSSR count). The minimum absolute atomic E-state index is 0.184. The smallest absolute Gasteiger partial charge is 0.330 e. The number of benzene rings is 1. The maximum Gasteiger partial charge on any atom is 0.330 e. The average molecular weight is 318 g/mol. The maximum absolute atomic E-state index is 11.9. The number of hydrogen-bond acceptors (Lipinski definition) is 4. The molecule has 0 saturated carbocycles. The molecular weight excluding hydrogens is 296 g/mol. The van der Waals surface area contributed by atoms with Crippen LogP contribution in [0.2, 0.25) is 0 Å². The Hall–Kier alpha value is -2.63. The molecule has 6 heteroatoms. The van der Waals surface area contributed by atoms with Crippen LogP contribution in [0.3, 0.4) is 0 Å².